The van der Waals surface area contributed by atoms with Gasteiger partial charge in [0.25, 0.3) is 0 Å². The molecule has 28 heavy (non-hydrogen) atoms. The van der Waals surface area contributed by atoms with Crippen LogP contribution in [0.25, 0.3) is 0 Å². The number of anilines is 1. The highest BCUT2D eigenvalue weighted by Gasteiger charge is 2.32. The van der Waals surface area contributed by atoms with Crippen molar-refractivity contribution in [2.24, 2.45) is 10.2 Å². The summed E-state index contributed by atoms with van der Waals surface area (Å²) in [6.45, 7) is 1.39. The van der Waals surface area contributed by atoms with Crippen molar-refractivity contribution >= 4 is 28.9 Å². The lowest BCUT2D eigenvalue weighted by atomic mass is 10.1. The van der Waals surface area contributed by atoms with E-state index >= 15 is 0 Å². The summed E-state index contributed by atoms with van der Waals surface area (Å²) >= 11 is 5.77. The van der Waals surface area contributed by atoms with Crippen LogP contribution in [0.1, 0.15) is 28.8 Å². The van der Waals surface area contributed by atoms with Gasteiger partial charge >= 0.3 is 12.1 Å². The molecule has 1 aliphatic heterocycles. The van der Waals surface area contributed by atoms with Crippen LogP contribution in [0.15, 0.2) is 46.6 Å². The van der Waals surface area contributed by atoms with Gasteiger partial charge in [0.1, 0.15) is 5.75 Å². The van der Waals surface area contributed by atoms with E-state index in [0.717, 1.165) is 25.0 Å². The maximum Gasteiger partial charge on any atom is 0.416 e. The third-order valence-corrected chi connectivity index (χ3v) is 4.46. The molecule has 2 aromatic carbocycles. The highest BCUT2D eigenvalue weighted by Crippen LogP contribution is 2.37. The summed E-state index contributed by atoms with van der Waals surface area (Å²) in [5, 5.41) is 17.0. The van der Waals surface area contributed by atoms with Gasteiger partial charge in [0.05, 0.1) is 16.8 Å². The van der Waals surface area contributed by atoms with Gasteiger partial charge < -0.3 is 10.0 Å². The second kappa shape index (κ2) is 8.00. The van der Waals surface area contributed by atoms with Crippen LogP contribution >= 0.6 is 11.6 Å². The maximum atomic E-state index is 13.0. The molecule has 1 fully saturated rings. The fraction of sp³-hybridized carbons (Fsp3) is 0.278. The third kappa shape index (κ3) is 4.49. The number of benzene rings is 2. The molecule has 1 aliphatic rings. The van der Waals surface area contributed by atoms with Crippen LogP contribution in [0.2, 0.25) is 5.02 Å². The number of amides is 1. The lowest BCUT2D eigenvalue weighted by Crippen LogP contribution is -2.18. The summed E-state index contributed by atoms with van der Waals surface area (Å²) in [6, 6.07) is 7.01. The molecule has 1 saturated heterocycles. The molecule has 0 atom stereocenters. The third-order valence-electron chi connectivity index (χ3n) is 4.23. The van der Waals surface area contributed by atoms with Crippen molar-refractivity contribution in [2.45, 2.75) is 19.0 Å². The maximum absolute atomic E-state index is 13.0. The van der Waals surface area contributed by atoms with Crippen LogP contribution < -0.4 is 9.81 Å². The second-order valence-electron chi connectivity index (χ2n) is 6.15. The van der Waals surface area contributed by atoms with E-state index in [1.165, 1.54) is 24.3 Å². The van der Waals surface area contributed by atoms with Gasteiger partial charge in [-0.25, -0.2) is 0 Å². The standard InChI is InChI=1S/C18H14ClF3N4O2/c19-12-4-6-16(27)13(10-12)17(28)24-25-23-14-9-11(18(20,21)22)3-5-15(14)26-7-1-2-8-26/h3-6,9-10H,1-2,7-8H2/p+1. The zero-order valence-corrected chi connectivity index (χ0v) is 15.2. The minimum atomic E-state index is -4.53. The fourth-order valence-corrected chi connectivity index (χ4v) is 3.02. The normalized spacial score (nSPS) is 13.9. The van der Waals surface area contributed by atoms with Gasteiger partial charge in [0.15, 0.2) is 10.8 Å². The van der Waals surface area contributed by atoms with Gasteiger partial charge in [-0.1, -0.05) is 11.6 Å². The molecule has 0 bridgehead atoms. The Hall–Kier alpha value is -2.90. The Morgan fingerprint density at radius 3 is 2.54 bits per heavy atom. The first-order valence-corrected chi connectivity index (χ1v) is 8.74. The van der Waals surface area contributed by atoms with Gasteiger partial charge in [0, 0.05) is 18.1 Å². The van der Waals surface area contributed by atoms with Crippen molar-refractivity contribution in [1.82, 2.24) is 4.91 Å². The zero-order chi connectivity index (χ0) is 20.3. The Kier molecular flexibility index (Phi) is 5.67. The molecular formula is C18H15ClF3N4O2+. The average Bonchev–Trinajstić information content (AvgIpc) is 3.17. The van der Waals surface area contributed by atoms with E-state index in [9.17, 15) is 23.1 Å². The first kappa shape index (κ1) is 19.9. The smallest absolute Gasteiger partial charge is 0.416 e. The number of phenolic OH excluding ortho intramolecular Hbond substituents is 1. The minimum Gasteiger partial charge on any atom is -0.507 e. The number of nitrogens with zero attached hydrogens (tertiary/aromatic N) is 4. The van der Waals surface area contributed by atoms with Crippen LogP contribution in [0.4, 0.5) is 24.5 Å². The number of hydrogen-bond donors (Lipinski definition) is 1. The SMILES string of the molecule is O=C(N=[N+]=Nc1cc(C(F)(F)F)ccc1N1CCCC1)c1cc(Cl)ccc1O. The van der Waals surface area contributed by atoms with Gasteiger partial charge in [-0.2, -0.15) is 13.2 Å². The van der Waals surface area contributed by atoms with E-state index in [1.54, 1.807) is 0 Å². The van der Waals surface area contributed by atoms with Crippen LogP contribution in [0, 0.1) is 0 Å². The molecule has 0 aromatic heterocycles. The summed E-state index contributed by atoms with van der Waals surface area (Å²) in [5.41, 5.74) is -0.607. The quantitative estimate of drug-likeness (QED) is 0.563. The van der Waals surface area contributed by atoms with Crippen LogP contribution in [0.3, 0.4) is 0 Å². The number of phenols is 1. The Balaban J connectivity index is 1.95. The van der Waals surface area contributed by atoms with Gasteiger partial charge in [-0.15, -0.1) is 0 Å². The Bertz CT molecular complexity index is 966. The van der Waals surface area contributed by atoms with Crippen molar-refractivity contribution in [3.8, 4) is 5.75 Å². The topological polar surface area (TPSA) is 79.4 Å². The lowest BCUT2D eigenvalue weighted by Gasteiger charge is -2.18. The molecule has 0 unspecified atom stereocenters. The predicted octanol–water partition coefficient (Wildman–Crippen LogP) is 5.11. The van der Waals surface area contributed by atoms with Crippen LogP contribution in [-0.2, 0) is 6.18 Å². The number of alkyl halides is 3. The molecule has 2 aromatic rings. The van der Waals surface area contributed by atoms with Crippen molar-refractivity contribution in [3.05, 3.63) is 52.5 Å². The molecule has 0 saturated carbocycles. The van der Waals surface area contributed by atoms with E-state index < -0.39 is 17.6 Å². The molecule has 0 aliphatic carbocycles. The summed E-state index contributed by atoms with van der Waals surface area (Å²) in [5.74, 6) is -1.26. The molecule has 10 heteroatoms. The van der Waals surface area contributed by atoms with E-state index in [-0.39, 0.29) is 22.0 Å². The minimum absolute atomic E-state index is 0.0383. The van der Waals surface area contributed by atoms with E-state index in [4.69, 9.17) is 11.6 Å². The van der Waals surface area contributed by atoms with Crippen molar-refractivity contribution in [1.29, 1.82) is 0 Å². The highest BCUT2D eigenvalue weighted by atomic mass is 35.5. The number of carbonyl (C=O) groups is 1. The Labute approximate surface area is 163 Å². The van der Waals surface area contributed by atoms with Crippen molar-refractivity contribution in [2.75, 3.05) is 18.0 Å². The van der Waals surface area contributed by atoms with Gasteiger partial charge in [0.2, 0.25) is 10.0 Å². The van der Waals surface area contributed by atoms with Crippen molar-refractivity contribution in [3.63, 3.8) is 0 Å². The first-order valence-electron chi connectivity index (χ1n) is 8.36. The van der Waals surface area contributed by atoms with E-state index in [0.29, 0.717) is 18.8 Å². The number of hydrogen-bond acceptors (Lipinski definition) is 4. The average molecular weight is 412 g/mol. The molecule has 0 spiro atoms. The predicted molar refractivity (Wildman–Crippen MR) is 97.0 cm³/mol. The molecule has 1 amide bonds. The molecule has 3 rings (SSSR count). The van der Waals surface area contributed by atoms with Crippen LogP contribution in [0.5, 0.6) is 5.75 Å². The highest BCUT2D eigenvalue weighted by molar-refractivity contribution is 6.31. The first-order chi connectivity index (χ1) is 13.3. The number of carbonyl (C=O) groups excluding carboxylic acids is 1. The summed E-state index contributed by atoms with van der Waals surface area (Å²) < 4.78 is 39.1. The van der Waals surface area contributed by atoms with E-state index in [1.807, 2.05) is 4.90 Å². The Morgan fingerprint density at radius 2 is 1.86 bits per heavy atom. The monoisotopic (exact) mass is 411 g/mol. The van der Waals surface area contributed by atoms with Gasteiger partial charge in [-0.3, -0.25) is 4.79 Å². The molecule has 146 valence electrons. The fourth-order valence-electron chi connectivity index (χ4n) is 2.85. The number of aromatic hydroxyl groups is 1. The summed E-state index contributed by atoms with van der Waals surface area (Å²) in [4.78, 5) is 17.3. The van der Waals surface area contributed by atoms with Crippen molar-refractivity contribution < 1.29 is 23.1 Å². The van der Waals surface area contributed by atoms with Gasteiger partial charge in [-0.05, 0) is 49.2 Å². The summed E-state index contributed by atoms with van der Waals surface area (Å²) in [7, 11) is 0. The molecule has 0 radical (unpaired) electrons. The molecule has 1 N–H and O–H groups in total. The largest absolute Gasteiger partial charge is 0.507 e. The summed E-state index contributed by atoms with van der Waals surface area (Å²) in [6.07, 6.45) is -2.68. The van der Waals surface area contributed by atoms with Crippen LogP contribution in [-0.4, -0.2) is 24.1 Å². The number of halogens is 4. The molecule has 1 heterocycles. The lowest BCUT2D eigenvalue weighted by molar-refractivity contribution is -0.137. The second-order valence-corrected chi connectivity index (χ2v) is 6.59. The Morgan fingerprint density at radius 1 is 1.14 bits per heavy atom. The molecular weight excluding hydrogens is 397 g/mol. The molecule has 6 nitrogen and oxygen atoms in total. The zero-order valence-electron chi connectivity index (χ0n) is 14.4. The van der Waals surface area contributed by atoms with E-state index in [2.05, 4.69) is 15.1 Å². The number of rotatable bonds is 3.